The van der Waals surface area contributed by atoms with Gasteiger partial charge >= 0.3 is 0 Å². The van der Waals surface area contributed by atoms with Crippen LogP contribution in [0.25, 0.3) is 0 Å². The van der Waals surface area contributed by atoms with Gasteiger partial charge in [0, 0.05) is 24.4 Å². The van der Waals surface area contributed by atoms with Crippen LogP contribution in [0.1, 0.15) is 46.0 Å². The lowest BCUT2D eigenvalue weighted by atomic mass is 9.46. The van der Waals surface area contributed by atoms with Gasteiger partial charge in [0.15, 0.2) is 11.6 Å². The van der Waals surface area contributed by atoms with Gasteiger partial charge in [-0.25, -0.2) is 0 Å². The van der Waals surface area contributed by atoms with Gasteiger partial charge in [0.05, 0.1) is 6.10 Å². The van der Waals surface area contributed by atoms with E-state index in [1.807, 2.05) is 6.08 Å². The SMILES string of the molecule is COC1CC2(C)C(C(=O)CO)CCC2C2CCC3=CC(=O)C=CC3(C)C12. The van der Waals surface area contributed by atoms with Crippen LogP contribution >= 0.6 is 0 Å². The maximum absolute atomic E-state index is 12.4. The number of methoxy groups -OCH3 is 1. The molecular formula is C22H30O4. The normalized spacial score (nSPS) is 47.0. The molecule has 0 aliphatic heterocycles. The van der Waals surface area contributed by atoms with E-state index >= 15 is 0 Å². The fraction of sp³-hybridized carbons (Fsp3) is 0.727. The zero-order valence-corrected chi connectivity index (χ0v) is 16.0. The molecule has 1 N–H and O–H groups in total. The highest BCUT2D eigenvalue weighted by Crippen LogP contribution is 2.66. The Morgan fingerprint density at radius 2 is 2.08 bits per heavy atom. The molecule has 0 amide bonds. The number of allylic oxidation sites excluding steroid dienone is 4. The minimum absolute atomic E-state index is 0.00549. The zero-order chi connectivity index (χ0) is 18.7. The van der Waals surface area contributed by atoms with Crippen molar-refractivity contribution in [3.8, 4) is 0 Å². The molecule has 0 aromatic carbocycles. The van der Waals surface area contributed by atoms with Crippen LogP contribution < -0.4 is 0 Å². The van der Waals surface area contributed by atoms with Crippen LogP contribution in [-0.4, -0.2) is 36.5 Å². The first-order valence-corrected chi connectivity index (χ1v) is 9.95. The van der Waals surface area contributed by atoms with Gasteiger partial charge in [-0.15, -0.1) is 0 Å². The molecule has 0 aromatic heterocycles. The number of hydrogen-bond donors (Lipinski definition) is 1. The van der Waals surface area contributed by atoms with Gasteiger partial charge in [-0.1, -0.05) is 25.5 Å². The first-order valence-electron chi connectivity index (χ1n) is 9.95. The number of rotatable bonds is 3. The zero-order valence-electron chi connectivity index (χ0n) is 16.0. The Bertz CT molecular complexity index is 692. The molecule has 0 saturated heterocycles. The van der Waals surface area contributed by atoms with Crippen LogP contribution in [0.15, 0.2) is 23.8 Å². The third kappa shape index (κ3) is 2.34. The maximum Gasteiger partial charge on any atom is 0.178 e. The molecule has 4 heteroatoms. The Morgan fingerprint density at radius 1 is 1.31 bits per heavy atom. The second kappa shape index (κ2) is 6.13. The van der Waals surface area contributed by atoms with Gasteiger partial charge in [-0.2, -0.15) is 0 Å². The van der Waals surface area contributed by atoms with E-state index in [0.717, 1.165) is 32.1 Å². The molecule has 4 aliphatic carbocycles. The van der Waals surface area contributed by atoms with Crippen molar-refractivity contribution in [1.29, 1.82) is 0 Å². The lowest BCUT2D eigenvalue weighted by Gasteiger charge is -2.59. The predicted octanol–water partition coefficient (Wildman–Crippen LogP) is 3.10. The fourth-order valence-electron chi connectivity index (χ4n) is 7.15. The average Bonchev–Trinajstić information content (AvgIpc) is 2.97. The summed E-state index contributed by atoms with van der Waals surface area (Å²) < 4.78 is 6.02. The van der Waals surface area contributed by atoms with Crippen molar-refractivity contribution in [2.45, 2.75) is 52.1 Å². The smallest absolute Gasteiger partial charge is 0.178 e. The lowest BCUT2D eigenvalue weighted by molar-refractivity contribution is -0.146. The molecule has 4 aliphatic rings. The molecule has 7 unspecified atom stereocenters. The number of ketones is 2. The molecule has 4 rings (SSSR count). The van der Waals surface area contributed by atoms with Crippen molar-refractivity contribution in [1.82, 2.24) is 0 Å². The van der Waals surface area contributed by atoms with E-state index in [4.69, 9.17) is 4.74 Å². The van der Waals surface area contributed by atoms with Crippen LogP contribution in [-0.2, 0) is 14.3 Å². The van der Waals surface area contributed by atoms with Crippen LogP contribution in [0.4, 0.5) is 0 Å². The molecule has 3 fully saturated rings. The van der Waals surface area contributed by atoms with Crippen molar-refractivity contribution in [3.05, 3.63) is 23.8 Å². The van der Waals surface area contributed by atoms with Gasteiger partial charge < -0.3 is 9.84 Å². The van der Waals surface area contributed by atoms with Crippen LogP contribution in [0, 0.1) is 34.5 Å². The molecule has 0 aromatic rings. The number of fused-ring (bicyclic) bond motifs is 5. The summed E-state index contributed by atoms with van der Waals surface area (Å²) in [4.78, 5) is 24.3. The Kier molecular flexibility index (Phi) is 4.27. The van der Waals surface area contributed by atoms with E-state index in [9.17, 15) is 14.7 Å². The van der Waals surface area contributed by atoms with Gasteiger partial charge in [0.1, 0.15) is 6.61 Å². The summed E-state index contributed by atoms with van der Waals surface area (Å²) in [5.74, 6) is 1.37. The van der Waals surface area contributed by atoms with Crippen molar-refractivity contribution in [2.75, 3.05) is 13.7 Å². The highest BCUT2D eigenvalue weighted by Gasteiger charge is 2.62. The summed E-state index contributed by atoms with van der Waals surface area (Å²) in [6.07, 6.45) is 10.6. The Hall–Kier alpha value is -1.26. The Balaban J connectivity index is 1.74. The quantitative estimate of drug-likeness (QED) is 0.842. The van der Waals surface area contributed by atoms with Gasteiger partial charge in [-0.3, -0.25) is 9.59 Å². The summed E-state index contributed by atoms with van der Waals surface area (Å²) in [6, 6.07) is 0. The molecule has 0 bridgehead atoms. The third-order valence-corrected chi connectivity index (χ3v) is 8.32. The number of ether oxygens (including phenoxy) is 1. The predicted molar refractivity (Wildman–Crippen MR) is 98.4 cm³/mol. The lowest BCUT2D eigenvalue weighted by Crippen LogP contribution is -2.57. The molecule has 0 heterocycles. The van der Waals surface area contributed by atoms with Crippen molar-refractivity contribution in [2.24, 2.45) is 34.5 Å². The number of hydrogen-bond acceptors (Lipinski definition) is 4. The fourth-order valence-corrected chi connectivity index (χ4v) is 7.15. The standard InChI is InChI=1S/C22H30O4/c1-21-9-8-14(24)10-13(21)4-5-15-16-6-7-17(18(25)12-23)22(16,2)11-19(26-3)20(15)21/h8-10,15-17,19-20,23H,4-7,11-12H2,1-3H3. The van der Waals surface area contributed by atoms with E-state index in [0.29, 0.717) is 17.8 Å². The number of Topliss-reactive ketones (excluding diaryl/α,β-unsaturated/α-hetero) is 1. The van der Waals surface area contributed by atoms with E-state index in [2.05, 4.69) is 19.9 Å². The van der Waals surface area contributed by atoms with E-state index in [1.165, 1.54) is 5.57 Å². The average molecular weight is 358 g/mol. The number of carbonyl (C=O) groups is 2. The number of aliphatic hydroxyl groups is 1. The molecule has 0 spiro atoms. The van der Waals surface area contributed by atoms with Crippen molar-refractivity contribution < 1.29 is 19.4 Å². The Labute approximate surface area is 155 Å². The van der Waals surface area contributed by atoms with Gasteiger partial charge in [-0.05, 0) is 61.5 Å². The topological polar surface area (TPSA) is 63.6 Å². The summed E-state index contributed by atoms with van der Waals surface area (Å²) in [5, 5.41) is 9.45. The van der Waals surface area contributed by atoms with E-state index < -0.39 is 0 Å². The van der Waals surface area contributed by atoms with Crippen LogP contribution in [0.2, 0.25) is 0 Å². The van der Waals surface area contributed by atoms with Crippen LogP contribution in [0.3, 0.4) is 0 Å². The largest absolute Gasteiger partial charge is 0.389 e. The van der Waals surface area contributed by atoms with Gasteiger partial charge in [0.25, 0.3) is 0 Å². The van der Waals surface area contributed by atoms with Gasteiger partial charge in [0.2, 0.25) is 0 Å². The molecule has 7 atom stereocenters. The van der Waals surface area contributed by atoms with Crippen LogP contribution in [0.5, 0.6) is 0 Å². The maximum atomic E-state index is 12.4. The highest BCUT2D eigenvalue weighted by molar-refractivity contribution is 6.01. The molecule has 26 heavy (non-hydrogen) atoms. The molecular weight excluding hydrogens is 328 g/mol. The summed E-state index contributed by atoms with van der Waals surface area (Å²) in [5.41, 5.74) is 1.03. The number of carbonyl (C=O) groups excluding carboxylic acids is 2. The minimum atomic E-state index is -0.353. The molecule has 0 radical (unpaired) electrons. The van der Waals surface area contributed by atoms with Crippen molar-refractivity contribution >= 4 is 11.6 Å². The highest BCUT2D eigenvalue weighted by atomic mass is 16.5. The third-order valence-electron chi connectivity index (χ3n) is 8.32. The molecule has 142 valence electrons. The first kappa shape index (κ1) is 18.1. The Morgan fingerprint density at radius 3 is 2.77 bits per heavy atom. The number of aliphatic hydroxyl groups excluding tert-OH is 1. The monoisotopic (exact) mass is 358 g/mol. The molecule has 3 saturated carbocycles. The summed E-state index contributed by atoms with van der Waals surface area (Å²) in [6.45, 7) is 4.16. The minimum Gasteiger partial charge on any atom is -0.389 e. The summed E-state index contributed by atoms with van der Waals surface area (Å²) >= 11 is 0. The van der Waals surface area contributed by atoms with E-state index in [-0.39, 0.29) is 41.0 Å². The van der Waals surface area contributed by atoms with Crippen molar-refractivity contribution in [3.63, 3.8) is 0 Å². The van der Waals surface area contributed by atoms with E-state index in [1.54, 1.807) is 13.2 Å². The summed E-state index contributed by atoms with van der Waals surface area (Å²) in [7, 11) is 1.78. The molecule has 4 nitrogen and oxygen atoms in total. The second-order valence-electron chi connectivity index (χ2n) is 9.26. The second-order valence-corrected chi connectivity index (χ2v) is 9.26. The first-order chi connectivity index (χ1) is 12.3.